The molecule has 0 fully saturated rings. The van der Waals surface area contributed by atoms with Crippen LogP contribution in [0.2, 0.25) is 0 Å². The van der Waals surface area contributed by atoms with Crippen molar-refractivity contribution in [3.05, 3.63) is 192 Å². The lowest BCUT2D eigenvalue weighted by Crippen LogP contribution is -2.13. The highest BCUT2D eigenvalue weighted by Gasteiger charge is 2.30. The molecule has 0 aliphatic rings. The van der Waals surface area contributed by atoms with Gasteiger partial charge in [0, 0.05) is 61.7 Å². The first-order valence-corrected chi connectivity index (χ1v) is 22.7. The molecular weight excluding hydrogens is 838 g/mol. The fraction of sp³-hybridized carbons (Fsp3) is 0.167. The maximum Gasteiger partial charge on any atom is 0.416 e. The van der Waals surface area contributed by atoms with E-state index in [0.29, 0.717) is 5.69 Å². The van der Waals surface area contributed by atoms with Crippen LogP contribution in [0.3, 0.4) is 0 Å². The van der Waals surface area contributed by atoms with Crippen LogP contribution in [0.4, 0.5) is 47.3 Å². The Morgan fingerprint density at radius 1 is 0.328 bits per heavy atom. The van der Waals surface area contributed by atoms with Crippen molar-refractivity contribution in [3.8, 4) is 0 Å². The van der Waals surface area contributed by atoms with Gasteiger partial charge in [-0.15, -0.1) is 0 Å². The lowest BCUT2D eigenvalue weighted by atomic mass is 9.87. The van der Waals surface area contributed by atoms with Crippen molar-refractivity contribution in [2.24, 2.45) is 0 Å². The second-order valence-corrected chi connectivity index (χ2v) is 20.0. The number of furan rings is 2. The van der Waals surface area contributed by atoms with Crippen LogP contribution in [0.15, 0.2) is 179 Å². The lowest BCUT2D eigenvalue weighted by Gasteiger charge is -2.27. The first-order chi connectivity index (χ1) is 31.9. The van der Waals surface area contributed by atoms with Gasteiger partial charge in [0.05, 0.1) is 5.56 Å². The molecule has 11 aromatic rings. The maximum atomic E-state index is 13.6. The van der Waals surface area contributed by atoms with Crippen LogP contribution >= 0.6 is 0 Å². The Balaban J connectivity index is 0.975. The van der Waals surface area contributed by atoms with E-state index in [1.807, 2.05) is 35.2 Å². The zero-order chi connectivity index (χ0) is 46.6. The zero-order valence-electron chi connectivity index (χ0n) is 38.5. The predicted molar refractivity (Wildman–Crippen MR) is 273 cm³/mol. The molecular formula is C60H49F3N2O2. The Labute approximate surface area is 387 Å². The molecule has 0 unspecified atom stereocenters. The summed E-state index contributed by atoms with van der Waals surface area (Å²) < 4.78 is 54.1. The van der Waals surface area contributed by atoms with Gasteiger partial charge in [-0.3, -0.25) is 0 Å². The van der Waals surface area contributed by atoms with Crippen molar-refractivity contribution in [1.82, 2.24) is 0 Å². The summed E-state index contributed by atoms with van der Waals surface area (Å²) in [5.74, 6) is 0. The highest BCUT2D eigenvalue weighted by molar-refractivity contribution is 6.18. The Morgan fingerprint density at radius 2 is 0.657 bits per heavy atom. The lowest BCUT2D eigenvalue weighted by molar-refractivity contribution is -0.137. The number of hydrogen-bond donors (Lipinski definition) is 0. The van der Waals surface area contributed by atoms with Gasteiger partial charge in [-0.2, -0.15) is 13.2 Å². The smallest absolute Gasteiger partial charge is 0.416 e. The molecule has 0 saturated carbocycles. The maximum absolute atomic E-state index is 13.6. The second-order valence-electron chi connectivity index (χ2n) is 20.0. The Hall–Kier alpha value is -7.51. The second kappa shape index (κ2) is 15.3. The summed E-state index contributed by atoms with van der Waals surface area (Å²) in [6, 6.07) is 56.6. The van der Waals surface area contributed by atoms with Crippen LogP contribution in [0.25, 0.3) is 65.4 Å². The highest BCUT2D eigenvalue weighted by Crippen LogP contribution is 2.44. The van der Waals surface area contributed by atoms with E-state index in [0.717, 1.165) is 112 Å². The van der Waals surface area contributed by atoms with E-state index in [2.05, 4.69) is 169 Å². The minimum Gasteiger partial charge on any atom is -0.456 e. The third-order valence-electron chi connectivity index (χ3n) is 13.2. The molecule has 332 valence electrons. The van der Waals surface area contributed by atoms with Crippen LogP contribution in [0.5, 0.6) is 0 Å². The van der Waals surface area contributed by atoms with Crippen molar-refractivity contribution in [3.63, 3.8) is 0 Å². The van der Waals surface area contributed by atoms with Gasteiger partial charge in [0.15, 0.2) is 0 Å². The first kappa shape index (κ1) is 42.1. The molecule has 0 bridgehead atoms. The molecule has 0 saturated heterocycles. The monoisotopic (exact) mass is 886 g/mol. The van der Waals surface area contributed by atoms with E-state index in [9.17, 15) is 13.2 Å². The molecule has 11 rings (SSSR count). The molecule has 7 heteroatoms. The summed E-state index contributed by atoms with van der Waals surface area (Å²) in [5.41, 5.74) is 11.5. The van der Waals surface area contributed by atoms with Gasteiger partial charge in [0.2, 0.25) is 0 Å². The number of benzene rings is 9. The minimum atomic E-state index is -4.43. The Kier molecular flexibility index (Phi) is 9.61. The standard InChI is InChI=1S/C60H49F3N2O2/c1-36-8-18-44(19-9-36)64(45-22-12-41(13-23-45)58(2,3)4)48-20-10-37-30-50-52-34-53-51-31-38-11-21-49(29-40(38)33-55(51)67-57(53)35-56(52)66-54(50)32-39(37)28-48)65(46-24-14-42(15-25-46)59(5,6)7)47-26-16-43(17-27-47)60(61,62)63/h8-35H,1-7H3. The topological polar surface area (TPSA) is 32.8 Å². The Bertz CT molecular complexity index is 3620. The summed E-state index contributed by atoms with van der Waals surface area (Å²) in [4.78, 5) is 4.29. The zero-order valence-corrected chi connectivity index (χ0v) is 38.5. The Morgan fingerprint density at radius 3 is 1.03 bits per heavy atom. The van der Waals surface area contributed by atoms with Crippen molar-refractivity contribution >= 4 is 99.5 Å². The number of hydrogen-bond acceptors (Lipinski definition) is 4. The average Bonchev–Trinajstić information content (AvgIpc) is 3.82. The summed E-state index contributed by atoms with van der Waals surface area (Å²) in [6.07, 6.45) is -4.43. The van der Waals surface area contributed by atoms with E-state index >= 15 is 0 Å². The normalized spacial score (nSPS) is 12.6. The molecule has 9 aromatic carbocycles. The number of aryl methyl sites for hydroxylation is 1. The molecule has 0 N–H and O–H groups in total. The predicted octanol–water partition coefficient (Wildman–Crippen LogP) is 18.7. The molecule has 4 nitrogen and oxygen atoms in total. The highest BCUT2D eigenvalue weighted by atomic mass is 19.4. The number of rotatable bonds is 6. The van der Waals surface area contributed by atoms with Crippen LogP contribution in [-0.4, -0.2) is 0 Å². The van der Waals surface area contributed by atoms with E-state index in [4.69, 9.17) is 8.83 Å². The number of fused-ring (bicyclic) bond motifs is 8. The van der Waals surface area contributed by atoms with E-state index in [1.165, 1.54) is 23.3 Å². The molecule has 0 aliphatic heterocycles. The summed E-state index contributed by atoms with van der Waals surface area (Å²) in [5, 5.41) is 8.16. The third kappa shape index (κ3) is 7.62. The number of anilines is 6. The molecule has 0 amide bonds. The SMILES string of the molecule is Cc1ccc(N(c2ccc(C(C)(C)C)cc2)c2ccc3cc4c(cc3c2)oc2cc3oc5cc6cc(N(c7ccc(C(C)(C)C)cc7)c7ccc(C(F)(F)F)cc7)ccc6cc5c3cc24)cc1. The van der Waals surface area contributed by atoms with Gasteiger partial charge in [-0.25, -0.2) is 0 Å². The van der Waals surface area contributed by atoms with Gasteiger partial charge in [-0.1, -0.05) is 95.6 Å². The van der Waals surface area contributed by atoms with Gasteiger partial charge in [0.1, 0.15) is 22.3 Å². The van der Waals surface area contributed by atoms with Crippen molar-refractivity contribution in [2.75, 3.05) is 9.80 Å². The minimum absolute atomic E-state index is 0.0531. The van der Waals surface area contributed by atoms with Gasteiger partial charge >= 0.3 is 6.18 Å². The first-order valence-electron chi connectivity index (χ1n) is 22.7. The quantitative estimate of drug-likeness (QED) is 0.167. The van der Waals surface area contributed by atoms with Crippen LogP contribution in [-0.2, 0) is 17.0 Å². The fourth-order valence-electron chi connectivity index (χ4n) is 9.39. The number of alkyl halides is 3. The van der Waals surface area contributed by atoms with E-state index in [-0.39, 0.29) is 10.8 Å². The molecule has 0 aliphatic carbocycles. The molecule has 0 radical (unpaired) electrons. The van der Waals surface area contributed by atoms with Crippen LogP contribution < -0.4 is 9.80 Å². The van der Waals surface area contributed by atoms with Gasteiger partial charge < -0.3 is 18.6 Å². The summed E-state index contributed by atoms with van der Waals surface area (Å²) >= 11 is 0. The third-order valence-corrected chi connectivity index (χ3v) is 13.2. The molecule has 0 spiro atoms. The van der Waals surface area contributed by atoms with Crippen LogP contribution in [0, 0.1) is 6.92 Å². The van der Waals surface area contributed by atoms with Gasteiger partial charge in [-0.05, 0) is 166 Å². The molecule has 2 aromatic heterocycles. The van der Waals surface area contributed by atoms with Crippen molar-refractivity contribution in [1.29, 1.82) is 0 Å². The van der Waals surface area contributed by atoms with E-state index in [1.54, 1.807) is 0 Å². The summed E-state index contributed by atoms with van der Waals surface area (Å²) in [6.45, 7) is 15.3. The van der Waals surface area contributed by atoms with Crippen molar-refractivity contribution < 1.29 is 22.0 Å². The number of halogens is 3. The van der Waals surface area contributed by atoms with E-state index < -0.39 is 11.7 Å². The van der Waals surface area contributed by atoms with Crippen molar-refractivity contribution in [2.45, 2.75) is 65.5 Å². The van der Waals surface area contributed by atoms with Crippen LogP contribution in [0.1, 0.15) is 63.8 Å². The molecule has 67 heavy (non-hydrogen) atoms. The largest absolute Gasteiger partial charge is 0.456 e. The fourth-order valence-corrected chi connectivity index (χ4v) is 9.39. The van der Waals surface area contributed by atoms with Gasteiger partial charge in [0.25, 0.3) is 0 Å². The average molecular weight is 887 g/mol. The molecule has 2 heterocycles. The molecule has 0 atom stereocenters. The number of nitrogens with zero attached hydrogens (tertiary/aromatic N) is 2. The summed E-state index contributed by atoms with van der Waals surface area (Å²) in [7, 11) is 0.